The lowest BCUT2D eigenvalue weighted by atomic mass is 10.3. The quantitative estimate of drug-likeness (QED) is 0.516. The second kappa shape index (κ2) is 4.07. The van der Waals surface area contributed by atoms with Crippen LogP contribution in [-0.2, 0) is 0 Å². The van der Waals surface area contributed by atoms with Crippen molar-refractivity contribution in [3.05, 3.63) is 59.4 Å². The zero-order valence-corrected chi connectivity index (χ0v) is 9.89. The molecule has 3 nitrogen and oxygen atoms in total. The fourth-order valence-corrected chi connectivity index (χ4v) is 2.84. The SMILES string of the molecule is N/N=c1\sc2ccccc2n1-c1ccccc1. The van der Waals surface area contributed by atoms with Crippen molar-refractivity contribution in [1.29, 1.82) is 0 Å². The van der Waals surface area contributed by atoms with Crippen molar-refractivity contribution >= 4 is 21.6 Å². The summed E-state index contributed by atoms with van der Waals surface area (Å²) in [5.41, 5.74) is 2.21. The maximum Gasteiger partial charge on any atom is 0.213 e. The van der Waals surface area contributed by atoms with Gasteiger partial charge >= 0.3 is 0 Å². The molecule has 0 bridgehead atoms. The third-order valence-electron chi connectivity index (χ3n) is 2.62. The molecular weight excluding hydrogens is 230 g/mol. The highest BCUT2D eigenvalue weighted by Gasteiger charge is 2.06. The Morgan fingerprint density at radius 3 is 2.41 bits per heavy atom. The van der Waals surface area contributed by atoms with Gasteiger partial charge in [0.15, 0.2) is 0 Å². The number of hydrogen-bond acceptors (Lipinski definition) is 3. The van der Waals surface area contributed by atoms with Crippen molar-refractivity contribution in [1.82, 2.24) is 4.57 Å². The van der Waals surface area contributed by atoms with Gasteiger partial charge in [0.2, 0.25) is 4.80 Å². The van der Waals surface area contributed by atoms with Crippen LogP contribution in [0, 0.1) is 0 Å². The Balaban J connectivity index is 2.43. The van der Waals surface area contributed by atoms with Crippen molar-refractivity contribution in [2.75, 3.05) is 0 Å². The summed E-state index contributed by atoms with van der Waals surface area (Å²) in [6.07, 6.45) is 0. The molecule has 0 aliphatic rings. The number of nitrogens with zero attached hydrogens (tertiary/aromatic N) is 2. The molecule has 4 heteroatoms. The van der Waals surface area contributed by atoms with E-state index in [9.17, 15) is 0 Å². The monoisotopic (exact) mass is 241 g/mol. The molecule has 3 aromatic rings. The zero-order valence-electron chi connectivity index (χ0n) is 9.08. The lowest BCUT2D eigenvalue weighted by Crippen LogP contribution is -2.14. The molecule has 0 amide bonds. The molecular formula is C13H11N3S. The van der Waals surface area contributed by atoms with Gasteiger partial charge in [0, 0.05) is 5.69 Å². The van der Waals surface area contributed by atoms with E-state index in [2.05, 4.69) is 21.8 Å². The summed E-state index contributed by atoms with van der Waals surface area (Å²) in [6.45, 7) is 0. The van der Waals surface area contributed by atoms with Crippen LogP contribution in [0.4, 0.5) is 0 Å². The molecule has 0 aliphatic carbocycles. The first-order chi connectivity index (χ1) is 8.40. The van der Waals surface area contributed by atoms with Gasteiger partial charge in [-0.25, -0.2) is 0 Å². The molecule has 3 rings (SSSR count). The highest BCUT2D eigenvalue weighted by atomic mass is 32.1. The molecule has 17 heavy (non-hydrogen) atoms. The standard InChI is InChI=1S/C13H11N3S/c14-15-13-16(10-6-2-1-3-7-10)11-8-4-5-9-12(11)17-13/h1-9H,14H2/b15-13-. The van der Waals surface area contributed by atoms with Crippen LogP contribution < -0.4 is 10.6 Å². The predicted octanol–water partition coefficient (Wildman–Crippen LogP) is 2.47. The van der Waals surface area contributed by atoms with Crippen LogP contribution in [0.1, 0.15) is 0 Å². The van der Waals surface area contributed by atoms with E-state index in [1.165, 1.54) is 4.70 Å². The number of fused-ring (bicyclic) bond motifs is 1. The van der Waals surface area contributed by atoms with Gasteiger partial charge in [-0.2, -0.15) is 5.10 Å². The lowest BCUT2D eigenvalue weighted by Gasteiger charge is -2.03. The minimum absolute atomic E-state index is 0.803. The summed E-state index contributed by atoms with van der Waals surface area (Å²) in [6, 6.07) is 18.3. The molecule has 0 saturated heterocycles. The topological polar surface area (TPSA) is 43.3 Å². The third-order valence-corrected chi connectivity index (χ3v) is 3.66. The maximum atomic E-state index is 5.47. The van der Waals surface area contributed by atoms with Gasteiger partial charge in [-0.05, 0) is 24.3 Å². The summed E-state index contributed by atoms with van der Waals surface area (Å²) in [5.74, 6) is 5.47. The zero-order chi connectivity index (χ0) is 11.7. The molecule has 84 valence electrons. The van der Waals surface area contributed by atoms with Gasteiger partial charge < -0.3 is 5.84 Å². The fourth-order valence-electron chi connectivity index (χ4n) is 1.89. The maximum absolute atomic E-state index is 5.47. The van der Waals surface area contributed by atoms with Gasteiger partial charge in [-0.1, -0.05) is 41.7 Å². The van der Waals surface area contributed by atoms with Crippen molar-refractivity contribution in [2.24, 2.45) is 10.9 Å². The first-order valence-corrected chi connectivity index (χ1v) is 6.12. The predicted molar refractivity (Wildman–Crippen MR) is 70.9 cm³/mol. The summed E-state index contributed by atoms with van der Waals surface area (Å²) in [7, 11) is 0. The number of aromatic nitrogens is 1. The van der Waals surface area contributed by atoms with Crippen LogP contribution >= 0.6 is 11.3 Å². The second-order valence-corrected chi connectivity index (χ2v) is 4.66. The Morgan fingerprint density at radius 2 is 1.65 bits per heavy atom. The highest BCUT2D eigenvalue weighted by molar-refractivity contribution is 7.16. The Hall–Kier alpha value is -2.07. The van der Waals surface area contributed by atoms with E-state index in [0.717, 1.165) is 16.0 Å². The Bertz CT molecular complexity index is 710. The summed E-state index contributed by atoms with van der Waals surface area (Å²) < 4.78 is 3.25. The molecule has 0 unspecified atom stereocenters. The van der Waals surface area contributed by atoms with Crippen molar-refractivity contribution in [3.63, 3.8) is 0 Å². The molecule has 1 heterocycles. The Kier molecular flexibility index (Phi) is 2.42. The summed E-state index contributed by atoms with van der Waals surface area (Å²) in [5, 5.41) is 3.87. The summed E-state index contributed by atoms with van der Waals surface area (Å²) in [4.78, 5) is 0.803. The van der Waals surface area contributed by atoms with Crippen LogP contribution in [0.15, 0.2) is 59.7 Å². The number of nitrogens with two attached hydrogens (primary N) is 1. The number of benzene rings is 2. The number of hydrogen-bond donors (Lipinski definition) is 1. The van der Waals surface area contributed by atoms with E-state index >= 15 is 0 Å². The molecule has 0 radical (unpaired) electrons. The van der Waals surface area contributed by atoms with Crippen molar-refractivity contribution in [2.45, 2.75) is 0 Å². The second-order valence-electron chi connectivity index (χ2n) is 3.65. The molecule has 0 saturated carbocycles. The molecule has 2 N–H and O–H groups in total. The molecule has 0 fully saturated rings. The molecule has 2 aromatic carbocycles. The van der Waals surface area contributed by atoms with E-state index in [0.29, 0.717) is 0 Å². The highest BCUT2D eigenvalue weighted by Crippen LogP contribution is 2.20. The summed E-state index contributed by atoms with van der Waals surface area (Å²) >= 11 is 1.59. The number of thiazole rings is 1. The molecule has 0 atom stereocenters. The van der Waals surface area contributed by atoms with Gasteiger partial charge in [0.25, 0.3) is 0 Å². The van der Waals surface area contributed by atoms with Crippen molar-refractivity contribution in [3.8, 4) is 5.69 Å². The van der Waals surface area contributed by atoms with E-state index in [4.69, 9.17) is 5.84 Å². The van der Waals surface area contributed by atoms with Crippen LogP contribution in [0.2, 0.25) is 0 Å². The largest absolute Gasteiger partial charge is 0.320 e. The normalized spacial score (nSPS) is 12.1. The Labute approximate surface area is 102 Å². The average molecular weight is 241 g/mol. The smallest absolute Gasteiger partial charge is 0.213 e. The number of para-hydroxylation sites is 2. The van der Waals surface area contributed by atoms with Gasteiger partial charge in [0.05, 0.1) is 10.2 Å². The van der Waals surface area contributed by atoms with Gasteiger partial charge in [0.1, 0.15) is 0 Å². The molecule has 0 spiro atoms. The minimum Gasteiger partial charge on any atom is -0.320 e. The van der Waals surface area contributed by atoms with Crippen LogP contribution in [0.25, 0.3) is 15.9 Å². The minimum atomic E-state index is 0.803. The third kappa shape index (κ3) is 1.62. The average Bonchev–Trinajstić information content (AvgIpc) is 2.78. The van der Waals surface area contributed by atoms with E-state index in [1.54, 1.807) is 11.3 Å². The fraction of sp³-hybridized carbons (Fsp3) is 0. The molecule has 1 aromatic heterocycles. The van der Waals surface area contributed by atoms with Crippen molar-refractivity contribution < 1.29 is 0 Å². The first kappa shape index (κ1) is 10.1. The van der Waals surface area contributed by atoms with Gasteiger partial charge in [-0.15, -0.1) is 0 Å². The van der Waals surface area contributed by atoms with Crippen LogP contribution in [-0.4, -0.2) is 4.57 Å². The Morgan fingerprint density at radius 1 is 0.941 bits per heavy atom. The van der Waals surface area contributed by atoms with Gasteiger partial charge in [-0.3, -0.25) is 4.57 Å². The molecule has 0 aliphatic heterocycles. The van der Waals surface area contributed by atoms with E-state index < -0.39 is 0 Å². The van der Waals surface area contributed by atoms with E-state index in [1.807, 2.05) is 42.5 Å². The lowest BCUT2D eigenvalue weighted by molar-refractivity contribution is 0.994. The van der Waals surface area contributed by atoms with Crippen LogP contribution in [0.5, 0.6) is 0 Å². The van der Waals surface area contributed by atoms with Crippen LogP contribution in [0.3, 0.4) is 0 Å². The first-order valence-electron chi connectivity index (χ1n) is 5.30. The number of rotatable bonds is 1. The van der Waals surface area contributed by atoms with E-state index in [-0.39, 0.29) is 0 Å².